The molecule has 4 nitrogen and oxygen atoms in total. The molecule has 0 radical (unpaired) electrons. The van der Waals surface area contributed by atoms with E-state index in [0.29, 0.717) is 11.8 Å². The van der Waals surface area contributed by atoms with Gasteiger partial charge in [-0.3, -0.25) is 9.59 Å². The molecule has 1 saturated carbocycles. The molecule has 0 bridgehead atoms. The molecule has 0 aliphatic heterocycles. The summed E-state index contributed by atoms with van der Waals surface area (Å²) < 4.78 is 0. The third kappa shape index (κ3) is 7.49. The molecule has 1 rings (SSSR count). The molecule has 2 N–H and O–H groups in total. The van der Waals surface area contributed by atoms with Crippen LogP contribution >= 0.6 is 0 Å². The summed E-state index contributed by atoms with van der Waals surface area (Å²) >= 11 is 0. The highest BCUT2D eigenvalue weighted by molar-refractivity contribution is 5.79. The highest BCUT2D eigenvalue weighted by Crippen LogP contribution is 2.33. The number of carboxylic acids is 1. The second kappa shape index (κ2) is 9.80. The fourth-order valence-corrected chi connectivity index (χ4v) is 3.17. The van der Waals surface area contributed by atoms with Gasteiger partial charge in [0.05, 0.1) is 0 Å². The first-order chi connectivity index (χ1) is 10.0. The fourth-order valence-electron chi connectivity index (χ4n) is 3.17. The van der Waals surface area contributed by atoms with Gasteiger partial charge in [-0.15, -0.1) is 0 Å². The average molecular weight is 297 g/mol. The number of carbonyl (C=O) groups is 2. The van der Waals surface area contributed by atoms with Crippen LogP contribution in [0.1, 0.15) is 71.6 Å². The lowest BCUT2D eigenvalue weighted by molar-refractivity contribution is -0.137. The van der Waals surface area contributed by atoms with E-state index in [2.05, 4.69) is 19.2 Å². The van der Waals surface area contributed by atoms with E-state index >= 15 is 0 Å². The normalized spacial score (nSPS) is 25.5. The molecule has 122 valence electrons. The van der Waals surface area contributed by atoms with Crippen LogP contribution < -0.4 is 5.32 Å². The molecule has 21 heavy (non-hydrogen) atoms. The fraction of sp³-hybridized carbons (Fsp3) is 0.882. The molecule has 1 aliphatic rings. The zero-order valence-corrected chi connectivity index (χ0v) is 13.6. The molecule has 1 fully saturated rings. The summed E-state index contributed by atoms with van der Waals surface area (Å²) in [5.74, 6) is 0.908. The van der Waals surface area contributed by atoms with Crippen molar-refractivity contribution in [3.8, 4) is 0 Å². The Kier molecular flexibility index (Phi) is 8.40. The Morgan fingerprint density at radius 1 is 1.05 bits per heavy atom. The SMILES string of the molecule is CC1CCC(C)C(C(=O)NCCCCCCCC(=O)O)C1. The molecule has 4 heteroatoms. The Labute approximate surface area is 128 Å². The van der Waals surface area contributed by atoms with E-state index in [4.69, 9.17) is 5.11 Å². The number of carboxylic acid groups (broad SMARTS) is 1. The van der Waals surface area contributed by atoms with E-state index in [-0.39, 0.29) is 18.2 Å². The van der Waals surface area contributed by atoms with Crippen LogP contribution in [-0.2, 0) is 9.59 Å². The summed E-state index contributed by atoms with van der Waals surface area (Å²) in [4.78, 5) is 22.5. The monoisotopic (exact) mass is 297 g/mol. The molecule has 0 spiro atoms. The van der Waals surface area contributed by atoms with Gasteiger partial charge in [-0.2, -0.15) is 0 Å². The van der Waals surface area contributed by atoms with Crippen LogP contribution in [0.25, 0.3) is 0 Å². The van der Waals surface area contributed by atoms with Crippen molar-refractivity contribution < 1.29 is 14.7 Å². The molecule has 1 amide bonds. The van der Waals surface area contributed by atoms with Crippen LogP contribution in [0.5, 0.6) is 0 Å². The van der Waals surface area contributed by atoms with E-state index in [1.54, 1.807) is 0 Å². The smallest absolute Gasteiger partial charge is 0.303 e. The minimum atomic E-state index is -0.710. The Balaban J connectivity index is 2.04. The summed E-state index contributed by atoms with van der Waals surface area (Å²) in [6.07, 6.45) is 8.57. The van der Waals surface area contributed by atoms with Gasteiger partial charge in [0, 0.05) is 18.9 Å². The lowest BCUT2D eigenvalue weighted by Gasteiger charge is -2.31. The summed E-state index contributed by atoms with van der Waals surface area (Å²) in [6.45, 7) is 5.19. The van der Waals surface area contributed by atoms with Gasteiger partial charge in [-0.25, -0.2) is 0 Å². The van der Waals surface area contributed by atoms with Crippen LogP contribution in [0.4, 0.5) is 0 Å². The number of aliphatic carboxylic acids is 1. The van der Waals surface area contributed by atoms with Gasteiger partial charge in [0.15, 0.2) is 0 Å². The van der Waals surface area contributed by atoms with Crippen LogP contribution in [-0.4, -0.2) is 23.5 Å². The van der Waals surface area contributed by atoms with Gasteiger partial charge in [-0.05, 0) is 37.5 Å². The maximum atomic E-state index is 12.2. The van der Waals surface area contributed by atoms with Gasteiger partial charge in [0.1, 0.15) is 0 Å². The van der Waals surface area contributed by atoms with Crippen molar-refractivity contribution in [2.45, 2.75) is 71.6 Å². The highest BCUT2D eigenvalue weighted by atomic mass is 16.4. The summed E-state index contributed by atoms with van der Waals surface area (Å²) in [5, 5.41) is 11.6. The molecule has 0 heterocycles. The van der Waals surface area contributed by atoms with Gasteiger partial charge >= 0.3 is 5.97 Å². The average Bonchev–Trinajstić information content (AvgIpc) is 2.43. The van der Waals surface area contributed by atoms with E-state index in [1.165, 1.54) is 12.8 Å². The standard InChI is InChI=1S/C17H31NO3/c1-13-9-10-14(2)15(12-13)17(21)18-11-7-5-3-4-6-8-16(19)20/h13-15H,3-12H2,1-2H3,(H,18,21)(H,19,20). The molecular weight excluding hydrogens is 266 g/mol. The van der Waals surface area contributed by atoms with Gasteiger partial charge in [0.25, 0.3) is 0 Å². The van der Waals surface area contributed by atoms with Crippen LogP contribution in [0.2, 0.25) is 0 Å². The number of nitrogens with one attached hydrogen (secondary N) is 1. The summed E-state index contributed by atoms with van der Waals surface area (Å²) in [6, 6.07) is 0. The maximum absolute atomic E-state index is 12.2. The molecule has 0 aromatic rings. The molecule has 0 aromatic heterocycles. The minimum absolute atomic E-state index is 0.198. The molecule has 1 aliphatic carbocycles. The van der Waals surface area contributed by atoms with Gasteiger partial charge in [0.2, 0.25) is 5.91 Å². The second-order valence-corrected chi connectivity index (χ2v) is 6.70. The molecular formula is C17H31NO3. The molecule has 3 atom stereocenters. The largest absolute Gasteiger partial charge is 0.481 e. The number of carbonyl (C=O) groups excluding carboxylic acids is 1. The van der Waals surface area contributed by atoms with Gasteiger partial charge in [-0.1, -0.05) is 39.5 Å². The van der Waals surface area contributed by atoms with Crippen molar-refractivity contribution in [3.63, 3.8) is 0 Å². The number of rotatable bonds is 9. The van der Waals surface area contributed by atoms with Crippen LogP contribution in [0.15, 0.2) is 0 Å². The number of unbranched alkanes of at least 4 members (excludes halogenated alkanes) is 4. The molecule has 0 saturated heterocycles. The Bertz CT molecular complexity index is 330. The van der Waals surface area contributed by atoms with Crippen molar-refractivity contribution in [1.29, 1.82) is 0 Å². The van der Waals surface area contributed by atoms with Crippen LogP contribution in [0, 0.1) is 17.8 Å². The predicted octanol–water partition coefficient (Wildman–Crippen LogP) is 3.60. The van der Waals surface area contributed by atoms with E-state index in [0.717, 1.165) is 45.1 Å². The Morgan fingerprint density at radius 2 is 1.71 bits per heavy atom. The van der Waals surface area contributed by atoms with Crippen molar-refractivity contribution in [1.82, 2.24) is 5.32 Å². The van der Waals surface area contributed by atoms with E-state index in [1.807, 2.05) is 0 Å². The first-order valence-electron chi connectivity index (χ1n) is 8.50. The maximum Gasteiger partial charge on any atom is 0.303 e. The Hall–Kier alpha value is -1.06. The lowest BCUT2D eigenvalue weighted by Crippen LogP contribution is -2.37. The van der Waals surface area contributed by atoms with Crippen molar-refractivity contribution in [2.75, 3.05) is 6.54 Å². The third-order valence-electron chi connectivity index (χ3n) is 4.66. The third-order valence-corrected chi connectivity index (χ3v) is 4.66. The predicted molar refractivity (Wildman–Crippen MR) is 84.0 cm³/mol. The minimum Gasteiger partial charge on any atom is -0.481 e. The quantitative estimate of drug-likeness (QED) is 0.639. The van der Waals surface area contributed by atoms with Crippen LogP contribution in [0.3, 0.4) is 0 Å². The summed E-state index contributed by atoms with van der Waals surface area (Å²) in [5.41, 5.74) is 0. The topological polar surface area (TPSA) is 66.4 Å². The zero-order valence-electron chi connectivity index (χ0n) is 13.6. The van der Waals surface area contributed by atoms with Crippen molar-refractivity contribution >= 4 is 11.9 Å². The zero-order chi connectivity index (χ0) is 15.7. The Morgan fingerprint density at radius 3 is 2.43 bits per heavy atom. The lowest BCUT2D eigenvalue weighted by atomic mass is 9.75. The van der Waals surface area contributed by atoms with Crippen molar-refractivity contribution in [3.05, 3.63) is 0 Å². The first-order valence-corrected chi connectivity index (χ1v) is 8.50. The highest BCUT2D eigenvalue weighted by Gasteiger charge is 2.30. The molecule has 0 aromatic carbocycles. The first kappa shape index (κ1) is 18.0. The van der Waals surface area contributed by atoms with E-state index in [9.17, 15) is 9.59 Å². The number of hydrogen-bond acceptors (Lipinski definition) is 2. The second-order valence-electron chi connectivity index (χ2n) is 6.70. The number of amides is 1. The molecule has 3 unspecified atom stereocenters. The summed E-state index contributed by atoms with van der Waals surface area (Å²) in [7, 11) is 0. The number of hydrogen-bond donors (Lipinski definition) is 2. The van der Waals surface area contributed by atoms with E-state index < -0.39 is 5.97 Å². The van der Waals surface area contributed by atoms with Crippen molar-refractivity contribution in [2.24, 2.45) is 17.8 Å². The van der Waals surface area contributed by atoms with Gasteiger partial charge < -0.3 is 10.4 Å².